The van der Waals surface area contributed by atoms with Crippen molar-refractivity contribution in [1.82, 2.24) is 9.80 Å². The first-order valence-electron chi connectivity index (χ1n) is 10.2. The number of benzene rings is 1. The number of anilines is 1. The van der Waals surface area contributed by atoms with Crippen molar-refractivity contribution in [1.29, 1.82) is 0 Å². The molecule has 0 spiro atoms. The number of carbonyl (C=O) groups is 2. The molecule has 1 aromatic carbocycles. The molecule has 2 fully saturated rings. The minimum Gasteiger partial charge on any atom is -0.466 e. The summed E-state index contributed by atoms with van der Waals surface area (Å²) in [4.78, 5) is 28.4. The third-order valence-corrected chi connectivity index (χ3v) is 5.38. The molecule has 7 nitrogen and oxygen atoms in total. The highest BCUT2D eigenvalue weighted by Crippen LogP contribution is 2.20. The zero-order chi connectivity index (χ0) is 19.8. The molecule has 1 aromatic rings. The standard InChI is InChI=1S/C21H31N3O4/c1-2-28-20(25)15-17-3-5-19(6-4-17)22-21(26)24-9-7-18(8-10-24)16-23-11-13-27-14-12-23/h3-6,18H,2,7-16H2,1H3,(H,22,26). The van der Waals surface area contributed by atoms with E-state index < -0.39 is 0 Å². The third-order valence-electron chi connectivity index (χ3n) is 5.38. The summed E-state index contributed by atoms with van der Waals surface area (Å²) in [6, 6.07) is 7.31. The van der Waals surface area contributed by atoms with Crippen molar-refractivity contribution in [2.24, 2.45) is 5.92 Å². The van der Waals surface area contributed by atoms with Crippen LogP contribution >= 0.6 is 0 Å². The van der Waals surface area contributed by atoms with Crippen molar-refractivity contribution in [3.8, 4) is 0 Å². The van der Waals surface area contributed by atoms with E-state index in [1.165, 1.54) is 0 Å². The third kappa shape index (κ3) is 6.21. The molecule has 7 heteroatoms. The van der Waals surface area contributed by atoms with Crippen LogP contribution in [0.25, 0.3) is 0 Å². The lowest BCUT2D eigenvalue weighted by Gasteiger charge is -2.36. The smallest absolute Gasteiger partial charge is 0.321 e. The number of carbonyl (C=O) groups excluding carboxylic acids is 2. The Morgan fingerprint density at radius 1 is 1.11 bits per heavy atom. The van der Waals surface area contributed by atoms with Crippen molar-refractivity contribution in [2.75, 3.05) is 57.9 Å². The minimum absolute atomic E-state index is 0.0528. The monoisotopic (exact) mass is 389 g/mol. The molecule has 2 amide bonds. The number of piperidine rings is 1. The summed E-state index contributed by atoms with van der Waals surface area (Å²) >= 11 is 0. The van der Waals surface area contributed by atoms with Crippen LogP contribution in [0.3, 0.4) is 0 Å². The Balaban J connectivity index is 1.40. The SMILES string of the molecule is CCOC(=O)Cc1ccc(NC(=O)N2CCC(CN3CCOCC3)CC2)cc1. The van der Waals surface area contributed by atoms with Crippen LogP contribution in [0, 0.1) is 5.92 Å². The molecule has 0 aliphatic carbocycles. The molecule has 0 radical (unpaired) electrons. The number of nitrogens with one attached hydrogen (secondary N) is 1. The summed E-state index contributed by atoms with van der Waals surface area (Å²) in [5.74, 6) is 0.420. The van der Waals surface area contributed by atoms with Crippen LogP contribution in [0.5, 0.6) is 0 Å². The van der Waals surface area contributed by atoms with Gasteiger partial charge in [-0.3, -0.25) is 9.69 Å². The molecule has 2 aliphatic heterocycles. The number of ether oxygens (including phenoxy) is 2. The molecule has 28 heavy (non-hydrogen) atoms. The normalized spacial score (nSPS) is 18.7. The number of rotatable bonds is 6. The second-order valence-corrected chi connectivity index (χ2v) is 7.45. The number of hydrogen-bond acceptors (Lipinski definition) is 5. The van der Waals surface area contributed by atoms with Gasteiger partial charge in [0.2, 0.25) is 0 Å². The van der Waals surface area contributed by atoms with Crippen molar-refractivity contribution in [3.05, 3.63) is 29.8 Å². The maximum atomic E-state index is 12.5. The quantitative estimate of drug-likeness (QED) is 0.757. The first-order valence-corrected chi connectivity index (χ1v) is 10.2. The van der Waals surface area contributed by atoms with E-state index in [0.29, 0.717) is 12.5 Å². The molecule has 0 saturated carbocycles. The van der Waals surface area contributed by atoms with Gasteiger partial charge in [-0.05, 0) is 43.4 Å². The molecule has 0 bridgehead atoms. The van der Waals surface area contributed by atoms with Gasteiger partial charge in [0.25, 0.3) is 0 Å². The first-order chi connectivity index (χ1) is 13.6. The van der Waals surface area contributed by atoms with E-state index in [1.807, 2.05) is 29.2 Å². The zero-order valence-electron chi connectivity index (χ0n) is 16.7. The first kappa shape index (κ1) is 20.6. The topological polar surface area (TPSA) is 71.1 Å². The zero-order valence-corrected chi connectivity index (χ0v) is 16.7. The summed E-state index contributed by atoms with van der Waals surface area (Å²) in [7, 11) is 0. The van der Waals surface area contributed by atoms with Crippen LogP contribution in [0.4, 0.5) is 10.5 Å². The van der Waals surface area contributed by atoms with Gasteiger partial charge >= 0.3 is 12.0 Å². The Kier molecular flexibility index (Phi) is 7.68. The maximum Gasteiger partial charge on any atom is 0.321 e. The van der Waals surface area contributed by atoms with Crippen molar-refractivity contribution < 1.29 is 19.1 Å². The lowest BCUT2D eigenvalue weighted by Crippen LogP contribution is -2.45. The van der Waals surface area contributed by atoms with Gasteiger partial charge in [-0.25, -0.2) is 4.79 Å². The Morgan fingerprint density at radius 3 is 2.43 bits per heavy atom. The number of likely N-dealkylation sites (tertiary alicyclic amines) is 1. The molecule has 1 N–H and O–H groups in total. The van der Waals surface area contributed by atoms with Gasteiger partial charge in [0, 0.05) is 38.4 Å². The summed E-state index contributed by atoms with van der Waals surface area (Å²) in [6.07, 6.45) is 2.34. The van der Waals surface area contributed by atoms with Crippen LogP contribution in [0.1, 0.15) is 25.3 Å². The highest BCUT2D eigenvalue weighted by atomic mass is 16.5. The Labute approximate surface area is 167 Å². The number of nitrogens with zero attached hydrogens (tertiary/aromatic N) is 2. The average molecular weight is 389 g/mol. The second kappa shape index (κ2) is 10.4. The van der Waals surface area contributed by atoms with Gasteiger partial charge in [-0.1, -0.05) is 12.1 Å². The Bertz CT molecular complexity index is 636. The minimum atomic E-state index is -0.237. The highest BCUT2D eigenvalue weighted by molar-refractivity contribution is 5.89. The number of morpholine rings is 1. The predicted octanol–water partition coefficient (Wildman–Crippen LogP) is 2.37. The van der Waals surface area contributed by atoms with E-state index >= 15 is 0 Å². The summed E-state index contributed by atoms with van der Waals surface area (Å²) in [6.45, 7) is 8.59. The number of amides is 2. The molecular weight excluding hydrogens is 358 g/mol. The molecule has 0 unspecified atom stereocenters. The fraction of sp³-hybridized carbons (Fsp3) is 0.619. The number of esters is 1. The van der Waals surface area contributed by atoms with Crippen molar-refractivity contribution >= 4 is 17.7 Å². The molecule has 0 aromatic heterocycles. The summed E-state index contributed by atoms with van der Waals surface area (Å²) in [5.41, 5.74) is 1.62. The van der Waals surface area contributed by atoms with Gasteiger partial charge in [0.1, 0.15) is 0 Å². The van der Waals surface area contributed by atoms with Gasteiger partial charge in [0.15, 0.2) is 0 Å². The van der Waals surface area contributed by atoms with Crippen LogP contribution < -0.4 is 5.32 Å². The Hall–Kier alpha value is -2.12. The lowest BCUT2D eigenvalue weighted by atomic mass is 9.96. The van der Waals surface area contributed by atoms with E-state index in [1.54, 1.807) is 6.92 Å². The van der Waals surface area contributed by atoms with Crippen molar-refractivity contribution in [3.63, 3.8) is 0 Å². The molecule has 2 aliphatic rings. The Morgan fingerprint density at radius 2 is 1.79 bits per heavy atom. The van der Waals surface area contributed by atoms with Crippen LogP contribution in [-0.4, -0.2) is 74.3 Å². The number of urea groups is 1. The molecular formula is C21H31N3O4. The summed E-state index contributed by atoms with van der Waals surface area (Å²) in [5, 5.41) is 2.96. The van der Waals surface area contributed by atoms with Gasteiger partial charge < -0.3 is 19.7 Å². The van der Waals surface area contributed by atoms with E-state index in [0.717, 1.165) is 70.0 Å². The van der Waals surface area contributed by atoms with Crippen LogP contribution in [0.15, 0.2) is 24.3 Å². The van der Waals surface area contributed by atoms with Gasteiger partial charge in [-0.2, -0.15) is 0 Å². The van der Waals surface area contributed by atoms with E-state index in [2.05, 4.69) is 10.2 Å². The van der Waals surface area contributed by atoms with Crippen molar-refractivity contribution in [2.45, 2.75) is 26.2 Å². The molecule has 2 heterocycles. The molecule has 3 rings (SSSR count). The lowest BCUT2D eigenvalue weighted by molar-refractivity contribution is -0.142. The molecule has 2 saturated heterocycles. The average Bonchev–Trinajstić information content (AvgIpc) is 2.71. The van der Waals surface area contributed by atoms with Gasteiger partial charge in [-0.15, -0.1) is 0 Å². The highest BCUT2D eigenvalue weighted by Gasteiger charge is 2.25. The fourth-order valence-electron chi connectivity index (χ4n) is 3.75. The summed E-state index contributed by atoms with van der Waals surface area (Å²) < 4.78 is 10.4. The maximum absolute atomic E-state index is 12.5. The van der Waals surface area contributed by atoms with Gasteiger partial charge in [0.05, 0.1) is 26.2 Å². The van der Waals surface area contributed by atoms with E-state index in [4.69, 9.17) is 9.47 Å². The largest absolute Gasteiger partial charge is 0.466 e. The van der Waals surface area contributed by atoms with Crippen LogP contribution in [-0.2, 0) is 20.7 Å². The predicted molar refractivity (Wildman–Crippen MR) is 107 cm³/mol. The van der Waals surface area contributed by atoms with E-state index in [-0.39, 0.29) is 18.4 Å². The number of hydrogen-bond donors (Lipinski definition) is 1. The molecule has 154 valence electrons. The molecule has 0 atom stereocenters. The fourth-order valence-corrected chi connectivity index (χ4v) is 3.75. The van der Waals surface area contributed by atoms with Crippen LogP contribution in [0.2, 0.25) is 0 Å². The second-order valence-electron chi connectivity index (χ2n) is 7.45. The van der Waals surface area contributed by atoms with E-state index in [9.17, 15) is 9.59 Å².